The highest BCUT2D eigenvalue weighted by Crippen LogP contribution is 2.39. The fourth-order valence-electron chi connectivity index (χ4n) is 3.54. The number of carbonyl (C=O) groups is 1. The number of alkyl halides is 6. The third-order valence-electron chi connectivity index (χ3n) is 5.02. The molecular formula is C20H16F7NO. The smallest absolute Gasteiger partial charge is 0.339 e. The number of piperidine rings is 1. The second-order valence-corrected chi connectivity index (χ2v) is 6.84. The van der Waals surface area contributed by atoms with Crippen LogP contribution < -0.4 is 0 Å². The van der Waals surface area contributed by atoms with Gasteiger partial charge in [0.15, 0.2) is 0 Å². The number of rotatable bonds is 2. The van der Waals surface area contributed by atoms with Crippen molar-refractivity contribution in [2.75, 3.05) is 13.1 Å². The molecule has 0 aliphatic carbocycles. The molecule has 0 aromatic heterocycles. The van der Waals surface area contributed by atoms with E-state index in [1.807, 2.05) is 0 Å². The summed E-state index contributed by atoms with van der Waals surface area (Å²) in [5.41, 5.74) is -2.27. The van der Waals surface area contributed by atoms with E-state index in [4.69, 9.17) is 0 Å². The molecule has 2 nitrogen and oxygen atoms in total. The number of carbonyl (C=O) groups excluding carboxylic acids is 1. The second-order valence-electron chi connectivity index (χ2n) is 6.84. The predicted octanol–water partition coefficient (Wildman–Crippen LogP) is 5.88. The maximum atomic E-state index is 14.0. The first-order chi connectivity index (χ1) is 13.5. The van der Waals surface area contributed by atoms with E-state index in [0.717, 1.165) is 12.1 Å². The fourth-order valence-corrected chi connectivity index (χ4v) is 3.54. The lowest BCUT2D eigenvalue weighted by Crippen LogP contribution is -2.38. The summed E-state index contributed by atoms with van der Waals surface area (Å²) < 4.78 is 91.6. The Balaban J connectivity index is 1.73. The van der Waals surface area contributed by atoms with Gasteiger partial charge in [-0.15, -0.1) is 0 Å². The van der Waals surface area contributed by atoms with E-state index >= 15 is 0 Å². The molecule has 0 N–H and O–H groups in total. The summed E-state index contributed by atoms with van der Waals surface area (Å²) in [7, 11) is 0. The molecule has 0 bridgehead atoms. The van der Waals surface area contributed by atoms with E-state index in [9.17, 15) is 35.5 Å². The molecule has 0 radical (unpaired) electrons. The Morgan fingerprint density at radius 1 is 0.897 bits per heavy atom. The molecule has 0 atom stereocenters. The van der Waals surface area contributed by atoms with Crippen LogP contribution in [0.3, 0.4) is 0 Å². The summed E-state index contributed by atoms with van der Waals surface area (Å²) in [4.78, 5) is 13.7. The van der Waals surface area contributed by atoms with Gasteiger partial charge in [0.25, 0.3) is 5.91 Å². The van der Waals surface area contributed by atoms with Gasteiger partial charge in [-0.25, -0.2) is 4.39 Å². The highest BCUT2D eigenvalue weighted by atomic mass is 19.4. The van der Waals surface area contributed by atoms with Crippen molar-refractivity contribution in [3.8, 4) is 0 Å². The van der Waals surface area contributed by atoms with Crippen molar-refractivity contribution in [3.63, 3.8) is 0 Å². The van der Waals surface area contributed by atoms with Gasteiger partial charge in [-0.05, 0) is 48.6 Å². The van der Waals surface area contributed by atoms with Crippen molar-refractivity contribution in [3.05, 3.63) is 70.5 Å². The van der Waals surface area contributed by atoms with E-state index in [1.165, 1.54) is 23.1 Å². The van der Waals surface area contributed by atoms with E-state index in [0.29, 0.717) is 6.07 Å². The number of hydrogen-bond donors (Lipinski definition) is 0. The van der Waals surface area contributed by atoms with Gasteiger partial charge in [-0.2, -0.15) is 26.3 Å². The van der Waals surface area contributed by atoms with Gasteiger partial charge >= 0.3 is 12.4 Å². The molecule has 1 aliphatic heterocycles. The predicted molar refractivity (Wildman–Crippen MR) is 90.7 cm³/mol. The van der Waals surface area contributed by atoms with Gasteiger partial charge in [0.1, 0.15) is 5.82 Å². The number of nitrogens with zero attached hydrogens (tertiary/aromatic N) is 1. The van der Waals surface area contributed by atoms with Crippen LogP contribution in [0.2, 0.25) is 0 Å². The van der Waals surface area contributed by atoms with Crippen LogP contribution in [0.4, 0.5) is 30.7 Å². The number of halogens is 7. The minimum Gasteiger partial charge on any atom is -0.339 e. The first kappa shape index (κ1) is 21.1. The van der Waals surface area contributed by atoms with E-state index in [-0.39, 0.29) is 37.6 Å². The minimum absolute atomic E-state index is 0.0795. The average molecular weight is 419 g/mol. The molecule has 1 heterocycles. The summed E-state index contributed by atoms with van der Waals surface area (Å²) >= 11 is 0. The van der Waals surface area contributed by atoms with Gasteiger partial charge in [0.05, 0.1) is 16.7 Å². The van der Waals surface area contributed by atoms with E-state index < -0.39 is 46.7 Å². The van der Waals surface area contributed by atoms with Crippen molar-refractivity contribution < 1.29 is 35.5 Å². The van der Waals surface area contributed by atoms with E-state index in [2.05, 4.69) is 0 Å². The van der Waals surface area contributed by atoms with Gasteiger partial charge in [-0.1, -0.05) is 18.2 Å². The first-order valence-electron chi connectivity index (χ1n) is 8.80. The third-order valence-corrected chi connectivity index (χ3v) is 5.02. The van der Waals surface area contributed by atoms with Crippen LogP contribution in [0.5, 0.6) is 0 Å². The van der Waals surface area contributed by atoms with Gasteiger partial charge in [-0.3, -0.25) is 4.79 Å². The highest BCUT2D eigenvalue weighted by Gasteiger charge is 2.36. The molecule has 1 amide bonds. The first-order valence-corrected chi connectivity index (χ1v) is 8.80. The second kappa shape index (κ2) is 7.68. The normalized spacial score (nSPS) is 16.2. The summed E-state index contributed by atoms with van der Waals surface area (Å²) in [5, 5.41) is 0. The molecule has 156 valence electrons. The SMILES string of the molecule is O=C(c1ccc(C(F)(F)F)cc1F)N1CCC(c2ccccc2C(F)(F)F)CC1. The number of amides is 1. The van der Waals surface area contributed by atoms with Crippen LogP contribution in [0, 0.1) is 5.82 Å². The van der Waals surface area contributed by atoms with Gasteiger partial charge in [0.2, 0.25) is 0 Å². The molecule has 1 fully saturated rings. The summed E-state index contributed by atoms with van der Waals surface area (Å²) in [5.74, 6) is -2.48. The quantitative estimate of drug-likeness (QED) is 0.557. The zero-order valence-corrected chi connectivity index (χ0v) is 14.9. The molecule has 1 aliphatic rings. The van der Waals surface area contributed by atoms with Crippen LogP contribution in [-0.4, -0.2) is 23.9 Å². The zero-order chi connectivity index (χ0) is 21.4. The molecule has 2 aromatic carbocycles. The monoisotopic (exact) mass is 419 g/mol. The van der Waals surface area contributed by atoms with Crippen molar-refractivity contribution in [2.45, 2.75) is 31.1 Å². The van der Waals surface area contributed by atoms with Crippen molar-refractivity contribution in [1.29, 1.82) is 0 Å². The molecule has 0 saturated carbocycles. The lowest BCUT2D eigenvalue weighted by molar-refractivity contribution is -0.139. The van der Waals surface area contributed by atoms with Crippen LogP contribution in [-0.2, 0) is 12.4 Å². The largest absolute Gasteiger partial charge is 0.416 e. The Morgan fingerprint density at radius 3 is 2.07 bits per heavy atom. The zero-order valence-electron chi connectivity index (χ0n) is 14.9. The van der Waals surface area contributed by atoms with Crippen LogP contribution in [0.15, 0.2) is 42.5 Å². The van der Waals surface area contributed by atoms with Crippen LogP contribution in [0.1, 0.15) is 45.8 Å². The molecule has 29 heavy (non-hydrogen) atoms. The van der Waals surface area contributed by atoms with Crippen molar-refractivity contribution in [2.24, 2.45) is 0 Å². The summed E-state index contributed by atoms with van der Waals surface area (Å²) in [6.07, 6.45) is -8.75. The Morgan fingerprint density at radius 2 is 1.52 bits per heavy atom. The maximum absolute atomic E-state index is 14.0. The Hall–Kier alpha value is -2.58. The average Bonchev–Trinajstić information content (AvgIpc) is 2.66. The standard InChI is InChI=1S/C20H16F7NO/c21-17-11-13(19(22,23)24)5-6-15(17)18(29)28-9-7-12(8-10-28)14-3-1-2-4-16(14)20(25,26)27/h1-6,11-12H,7-10H2. The van der Waals surface area contributed by atoms with Crippen LogP contribution >= 0.6 is 0 Å². The van der Waals surface area contributed by atoms with Gasteiger partial charge in [0, 0.05) is 13.1 Å². The fraction of sp³-hybridized carbons (Fsp3) is 0.350. The molecule has 3 rings (SSSR count). The van der Waals surface area contributed by atoms with Crippen molar-refractivity contribution in [1.82, 2.24) is 4.90 Å². The van der Waals surface area contributed by atoms with Crippen LogP contribution in [0.25, 0.3) is 0 Å². The lowest BCUT2D eigenvalue weighted by atomic mass is 9.86. The number of likely N-dealkylation sites (tertiary alicyclic amines) is 1. The summed E-state index contributed by atoms with van der Waals surface area (Å²) in [6, 6.07) is 6.90. The number of benzene rings is 2. The minimum atomic E-state index is -4.73. The highest BCUT2D eigenvalue weighted by molar-refractivity contribution is 5.94. The summed E-state index contributed by atoms with van der Waals surface area (Å²) in [6.45, 7) is 0.159. The molecule has 0 unspecified atom stereocenters. The lowest BCUT2D eigenvalue weighted by Gasteiger charge is -2.33. The molecule has 9 heteroatoms. The molecule has 0 spiro atoms. The van der Waals surface area contributed by atoms with Crippen molar-refractivity contribution >= 4 is 5.91 Å². The maximum Gasteiger partial charge on any atom is 0.416 e. The number of hydrogen-bond acceptors (Lipinski definition) is 1. The molecule has 2 aromatic rings. The molecule has 1 saturated heterocycles. The van der Waals surface area contributed by atoms with E-state index in [1.54, 1.807) is 0 Å². The molecular weight excluding hydrogens is 403 g/mol. The topological polar surface area (TPSA) is 20.3 Å². The Kier molecular flexibility index (Phi) is 5.60. The Bertz CT molecular complexity index is 896. The third kappa shape index (κ3) is 4.54. The Labute approximate surface area is 161 Å². The van der Waals surface area contributed by atoms with Gasteiger partial charge < -0.3 is 4.90 Å².